The summed E-state index contributed by atoms with van der Waals surface area (Å²) in [5.74, 6) is 0.719. The Bertz CT molecular complexity index is 492. The minimum absolute atomic E-state index is 0.0232. The lowest BCUT2D eigenvalue weighted by Crippen LogP contribution is -2.41. The average Bonchev–Trinajstić information content (AvgIpc) is 3.01. The van der Waals surface area contributed by atoms with E-state index in [0.717, 1.165) is 19.3 Å². The van der Waals surface area contributed by atoms with E-state index in [1.54, 1.807) is 12.1 Å². The van der Waals surface area contributed by atoms with E-state index in [4.69, 9.17) is 15.2 Å². The van der Waals surface area contributed by atoms with Gasteiger partial charge in [-0.2, -0.15) is 0 Å². The number of nitrogens with two attached hydrogens (primary N) is 1. The molecule has 1 aromatic rings. The zero-order valence-corrected chi connectivity index (χ0v) is 11.4. The SMILES string of the molecule is Nc1cccc(OCCC(=O)NC2CC3CCC2O3)c1. The zero-order chi connectivity index (χ0) is 13.9. The van der Waals surface area contributed by atoms with Gasteiger partial charge in [0.2, 0.25) is 5.91 Å². The highest BCUT2D eigenvalue weighted by Gasteiger charge is 2.41. The van der Waals surface area contributed by atoms with Gasteiger partial charge in [-0.05, 0) is 31.4 Å². The Hall–Kier alpha value is -1.75. The van der Waals surface area contributed by atoms with E-state index in [1.807, 2.05) is 12.1 Å². The molecule has 2 aliphatic rings. The molecular formula is C15H20N2O3. The lowest BCUT2D eigenvalue weighted by atomic mass is 9.95. The van der Waals surface area contributed by atoms with Crippen molar-refractivity contribution in [3.63, 3.8) is 0 Å². The molecule has 1 aromatic carbocycles. The van der Waals surface area contributed by atoms with Gasteiger partial charge >= 0.3 is 0 Å². The summed E-state index contributed by atoms with van der Waals surface area (Å²) in [5.41, 5.74) is 6.32. The van der Waals surface area contributed by atoms with Crippen LogP contribution < -0.4 is 15.8 Å². The van der Waals surface area contributed by atoms with Crippen LogP contribution in [-0.2, 0) is 9.53 Å². The number of nitrogens with one attached hydrogen (secondary N) is 1. The summed E-state index contributed by atoms with van der Waals surface area (Å²) in [5, 5.41) is 3.04. The molecule has 3 rings (SSSR count). The molecule has 0 spiro atoms. The molecule has 2 saturated heterocycles. The van der Waals surface area contributed by atoms with Crippen LogP contribution in [0, 0.1) is 0 Å². The molecule has 20 heavy (non-hydrogen) atoms. The van der Waals surface area contributed by atoms with E-state index in [0.29, 0.717) is 30.6 Å². The number of hydrogen-bond acceptors (Lipinski definition) is 4. The second-order valence-corrected chi connectivity index (χ2v) is 5.45. The van der Waals surface area contributed by atoms with Gasteiger partial charge in [-0.3, -0.25) is 4.79 Å². The van der Waals surface area contributed by atoms with Gasteiger partial charge in [0, 0.05) is 11.8 Å². The van der Waals surface area contributed by atoms with Crippen LogP contribution in [0.5, 0.6) is 5.75 Å². The Balaban J connectivity index is 1.39. The van der Waals surface area contributed by atoms with Crippen molar-refractivity contribution in [2.24, 2.45) is 0 Å². The van der Waals surface area contributed by atoms with Gasteiger partial charge in [-0.1, -0.05) is 6.07 Å². The van der Waals surface area contributed by atoms with Crippen LogP contribution in [-0.4, -0.2) is 30.8 Å². The summed E-state index contributed by atoms with van der Waals surface area (Å²) < 4.78 is 11.2. The number of carbonyl (C=O) groups is 1. The van der Waals surface area contributed by atoms with Gasteiger partial charge in [0.15, 0.2) is 0 Å². The van der Waals surface area contributed by atoms with Crippen LogP contribution in [0.15, 0.2) is 24.3 Å². The summed E-state index contributed by atoms with van der Waals surface area (Å²) in [6, 6.07) is 7.40. The fraction of sp³-hybridized carbons (Fsp3) is 0.533. The van der Waals surface area contributed by atoms with E-state index in [9.17, 15) is 4.79 Å². The number of anilines is 1. The molecule has 2 fully saturated rings. The van der Waals surface area contributed by atoms with Crippen LogP contribution in [0.25, 0.3) is 0 Å². The van der Waals surface area contributed by atoms with Crippen molar-refractivity contribution in [2.45, 2.75) is 43.9 Å². The van der Waals surface area contributed by atoms with Gasteiger partial charge in [0.05, 0.1) is 31.3 Å². The third-order valence-electron chi connectivity index (χ3n) is 3.91. The number of benzene rings is 1. The summed E-state index contributed by atoms with van der Waals surface area (Å²) in [6.07, 6.45) is 4.08. The normalized spacial score (nSPS) is 27.5. The Morgan fingerprint density at radius 3 is 3.05 bits per heavy atom. The molecule has 0 radical (unpaired) electrons. The maximum Gasteiger partial charge on any atom is 0.223 e. The standard InChI is InChI=1S/C15H20N2O3/c16-10-2-1-3-11(8-10)19-7-6-15(18)17-13-9-12-4-5-14(13)20-12/h1-3,8,12-14H,4-7,9,16H2,(H,17,18). The number of hydrogen-bond donors (Lipinski definition) is 2. The molecule has 2 bridgehead atoms. The van der Waals surface area contributed by atoms with Crippen molar-refractivity contribution in [3.05, 3.63) is 24.3 Å². The summed E-state index contributed by atoms with van der Waals surface area (Å²) in [4.78, 5) is 11.9. The van der Waals surface area contributed by atoms with Crippen LogP contribution in [0.2, 0.25) is 0 Å². The van der Waals surface area contributed by atoms with E-state index >= 15 is 0 Å². The average molecular weight is 276 g/mol. The van der Waals surface area contributed by atoms with Crippen LogP contribution in [0.4, 0.5) is 5.69 Å². The summed E-state index contributed by atoms with van der Waals surface area (Å²) in [6.45, 7) is 0.358. The van der Waals surface area contributed by atoms with Crippen molar-refractivity contribution in [1.82, 2.24) is 5.32 Å². The van der Waals surface area contributed by atoms with Gasteiger partial charge < -0.3 is 20.5 Å². The van der Waals surface area contributed by atoms with Crippen LogP contribution >= 0.6 is 0 Å². The number of fused-ring (bicyclic) bond motifs is 2. The molecule has 0 aromatic heterocycles. The van der Waals surface area contributed by atoms with E-state index in [-0.39, 0.29) is 18.1 Å². The Labute approximate surface area is 118 Å². The number of rotatable bonds is 5. The molecule has 5 nitrogen and oxygen atoms in total. The van der Waals surface area contributed by atoms with Crippen LogP contribution in [0.1, 0.15) is 25.7 Å². The zero-order valence-electron chi connectivity index (χ0n) is 11.4. The van der Waals surface area contributed by atoms with Crippen molar-refractivity contribution in [2.75, 3.05) is 12.3 Å². The molecule has 3 unspecified atom stereocenters. The van der Waals surface area contributed by atoms with Crippen molar-refractivity contribution in [1.29, 1.82) is 0 Å². The molecule has 3 N–H and O–H groups in total. The Kier molecular flexibility index (Phi) is 3.78. The van der Waals surface area contributed by atoms with Crippen molar-refractivity contribution < 1.29 is 14.3 Å². The predicted molar refractivity (Wildman–Crippen MR) is 75.4 cm³/mol. The monoisotopic (exact) mass is 276 g/mol. The topological polar surface area (TPSA) is 73.6 Å². The molecule has 2 aliphatic heterocycles. The highest BCUT2D eigenvalue weighted by Crippen LogP contribution is 2.34. The molecule has 2 heterocycles. The Morgan fingerprint density at radius 2 is 2.35 bits per heavy atom. The lowest BCUT2D eigenvalue weighted by molar-refractivity contribution is -0.122. The second-order valence-electron chi connectivity index (χ2n) is 5.45. The summed E-state index contributed by atoms with van der Waals surface area (Å²) >= 11 is 0. The molecular weight excluding hydrogens is 256 g/mol. The fourth-order valence-corrected chi connectivity index (χ4v) is 2.93. The van der Waals surface area contributed by atoms with E-state index in [2.05, 4.69) is 5.32 Å². The molecule has 0 saturated carbocycles. The first-order chi connectivity index (χ1) is 9.70. The Morgan fingerprint density at radius 1 is 1.45 bits per heavy atom. The molecule has 1 amide bonds. The van der Waals surface area contributed by atoms with Crippen LogP contribution in [0.3, 0.4) is 0 Å². The van der Waals surface area contributed by atoms with Gasteiger partial charge in [-0.15, -0.1) is 0 Å². The van der Waals surface area contributed by atoms with Crippen molar-refractivity contribution >= 4 is 11.6 Å². The second kappa shape index (κ2) is 5.71. The third kappa shape index (κ3) is 3.04. The van der Waals surface area contributed by atoms with Gasteiger partial charge in [0.25, 0.3) is 0 Å². The molecule has 5 heteroatoms. The first kappa shape index (κ1) is 13.2. The van der Waals surface area contributed by atoms with Gasteiger partial charge in [0.1, 0.15) is 5.75 Å². The minimum atomic E-state index is 0.0232. The number of amides is 1. The largest absolute Gasteiger partial charge is 0.493 e. The summed E-state index contributed by atoms with van der Waals surface area (Å²) in [7, 11) is 0. The number of ether oxygens (including phenoxy) is 2. The minimum Gasteiger partial charge on any atom is -0.493 e. The first-order valence-corrected chi connectivity index (χ1v) is 7.14. The molecule has 3 atom stereocenters. The predicted octanol–water partition coefficient (Wildman–Crippen LogP) is 1.47. The highest BCUT2D eigenvalue weighted by atomic mass is 16.5. The smallest absolute Gasteiger partial charge is 0.223 e. The fourth-order valence-electron chi connectivity index (χ4n) is 2.93. The molecule has 0 aliphatic carbocycles. The molecule has 108 valence electrons. The maximum atomic E-state index is 11.9. The van der Waals surface area contributed by atoms with Crippen molar-refractivity contribution in [3.8, 4) is 5.75 Å². The van der Waals surface area contributed by atoms with E-state index < -0.39 is 0 Å². The highest BCUT2D eigenvalue weighted by molar-refractivity contribution is 5.76. The maximum absolute atomic E-state index is 11.9. The third-order valence-corrected chi connectivity index (χ3v) is 3.91. The first-order valence-electron chi connectivity index (χ1n) is 7.14. The van der Waals surface area contributed by atoms with E-state index in [1.165, 1.54) is 0 Å². The number of carbonyl (C=O) groups excluding carboxylic acids is 1. The van der Waals surface area contributed by atoms with Gasteiger partial charge in [-0.25, -0.2) is 0 Å². The quantitative estimate of drug-likeness (QED) is 0.799. The number of nitrogen functional groups attached to an aromatic ring is 1. The lowest BCUT2D eigenvalue weighted by Gasteiger charge is -2.20.